The van der Waals surface area contributed by atoms with E-state index in [0.29, 0.717) is 12.1 Å². The van der Waals surface area contributed by atoms with Crippen molar-refractivity contribution in [3.05, 3.63) is 46.4 Å². The lowest BCUT2D eigenvalue weighted by molar-refractivity contribution is 0.0949. The number of hydrogen-bond acceptors (Lipinski definition) is 4. The van der Waals surface area contributed by atoms with Crippen LogP contribution in [0, 0.1) is 0 Å². The van der Waals surface area contributed by atoms with Gasteiger partial charge >= 0.3 is 0 Å². The van der Waals surface area contributed by atoms with Crippen molar-refractivity contribution in [1.29, 1.82) is 0 Å². The Kier molecular flexibility index (Phi) is 3.94. The second-order valence-electron chi connectivity index (χ2n) is 4.00. The van der Waals surface area contributed by atoms with Crippen LogP contribution in [0.25, 0.3) is 0 Å². The number of nitrogens with zero attached hydrogens (tertiary/aromatic N) is 1. The number of para-hydroxylation sites is 1. The molecule has 1 unspecified atom stereocenters. The maximum Gasteiger partial charge on any atom is 0.255 e. The van der Waals surface area contributed by atoms with Gasteiger partial charge in [-0.05, 0) is 12.1 Å². The number of nitrogens with one attached hydrogen (secondary N) is 1. The molecule has 18 heavy (non-hydrogen) atoms. The number of phenols is 1. The van der Waals surface area contributed by atoms with Crippen LogP contribution in [0.4, 0.5) is 0 Å². The number of thiazole rings is 1. The van der Waals surface area contributed by atoms with E-state index in [9.17, 15) is 9.90 Å². The Balaban J connectivity index is 1.95. The zero-order valence-corrected chi connectivity index (χ0v) is 10.8. The van der Waals surface area contributed by atoms with E-state index in [4.69, 9.17) is 0 Å². The topological polar surface area (TPSA) is 62.2 Å². The molecule has 0 fully saturated rings. The van der Waals surface area contributed by atoms with Gasteiger partial charge in [-0.2, -0.15) is 0 Å². The smallest absolute Gasteiger partial charge is 0.255 e. The Bertz CT molecular complexity index is 526. The summed E-state index contributed by atoms with van der Waals surface area (Å²) < 4.78 is 0. The summed E-state index contributed by atoms with van der Waals surface area (Å²) in [6.45, 7) is 2.50. The molecule has 4 nitrogen and oxygen atoms in total. The van der Waals surface area contributed by atoms with Crippen molar-refractivity contribution in [3.8, 4) is 5.75 Å². The number of aromatic hydroxyl groups is 1. The molecule has 1 aromatic heterocycles. The van der Waals surface area contributed by atoms with Crippen molar-refractivity contribution in [2.45, 2.75) is 12.8 Å². The van der Waals surface area contributed by atoms with Crippen LogP contribution in [0.2, 0.25) is 0 Å². The largest absolute Gasteiger partial charge is 0.507 e. The fourth-order valence-corrected chi connectivity index (χ4v) is 2.27. The SMILES string of the molecule is CC(CNC(=O)c1ccccc1O)c1nccs1. The number of amides is 1. The number of hydrogen-bond donors (Lipinski definition) is 2. The number of benzene rings is 1. The molecule has 94 valence electrons. The summed E-state index contributed by atoms with van der Waals surface area (Å²) in [5, 5.41) is 15.3. The van der Waals surface area contributed by atoms with E-state index in [2.05, 4.69) is 10.3 Å². The molecule has 0 bridgehead atoms. The lowest BCUT2D eigenvalue weighted by Crippen LogP contribution is -2.27. The number of carbonyl (C=O) groups excluding carboxylic acids is 1. The molecule has 0 aliphatic heterocycles. The molecule has 5 heteroatoms. The number of rotatable bonds is 4. The highest BCUT2D eigenvalue weighted by Crippen LogP contribution is 2.18. The van der Waals surface area contributed by atoms with Crippen molar-refractivity contribution < 1.29 is 9.90 Å². The zero-order valence-electron chi connectivity index (χ0n) is 9.96. The predicted octanol–water partition coefficient (Wildman–Crippen LogP) is 2.38. The third-order valence-electron chi connectivity index (χ3n) is 2.59. The van der Waals surface area contributed by atoms with Crippen LogP contribution in [0.5, 0.6) is 5.75 Å². The average Bonchev–Trinajstić information content (AvgIpc) is 2.90. The maximum absolute atomic E-state index is 11.9. The highest BCUT2D eigenvalue weighted by molar-refractivity contribution is 7.09. The summed E-state index contributed by atoms with van der Waals surface area (Å²) in [5.41, 5.74) is 0.295. The standard InChI is InChI=1S/C13H14N2O2S/c1-9(13-14-6-7-18-13)8-15-12(17)10-4-2-3-5-11(10)16/h2-7,9,16H,8H2,1H3,(H,15,17). The number of phenolic OH excluding ortho intramolecular Hbond substituents is 1. The van der Waals surface area contributed by atoms with Crippen LogP contribution in [0.3, 0.4) is 0 Å². The summed E-state index contributed by atoms with van der Waals surface area (Å²) in [7, 11) is 0. The maximum atomic E-state index is 11.9. The third-order valence-corrected chi connectivity index (χ3v) is 3.60. The Morgan fingerprint density at radius 1 is 1.50 bits per heavy atom. The van der Waals surface area contributed by atoms with Gasteiger partial charge in [0.1, 0.15) is 5.75 Å². The van der Waals surface area contributed by atoms with Crippen molar-refractivity contribution in [3.63, 3.8) is 0 Å². The van der Waals surface area contributed by atoms with Crippen molar-refractivity contribution in [1.82, 2.24) is 10.3 Å². The van der Waals surface area contributed by atoms with Crippen LogP contribution >= 0.6 is 11.3 Å². The Hall–Kier alpha value is -1.88. The van der Waals surface area contributed by atoms with E-state index in [1.807, 2.05) is 12.3 Å². The van der Waals surface area contributed by atoms with E-state index in [0.717, 1.165) is 5.01 Å². The summed E-state index contributed by atoms with van der Waals surface area (Å²) >= 11 is 1.57. The fourth-order valence-electron chi connectivity index (χ4n) is 1.57. The quantitative estimate of drug-likeness (QED) is 0.889. The summed E-state index contributed by atoms with van der Waals surface area (Å²) in [4.78, 5) is 16.1. The molecule has 0 spiro atoms. The van der Waals surface area contributed by atoms with Crippen LogP contribution in [-0.2, 0) is 0 Å². The Labute approximate surface area is 109 Å². The summed E-state index contributed by atoms with van der Waals surface area (Å²) in [6, 6.07) is 6.50. The van der Waals surface area contributed by atoms with Crippen LogP contribution in [-0.4, -0.2) is 22.5 Å². The minimum atomic E-state index is -0.267. The Morgan fingerprint density at radius 2 is 2.28 bits per heavy atom. The van der Waals surface area contributed by atoms with E-state index < -0.39 is 0 Å². The van der Waals surface area contributed by atoms with Crippen LogP contribution < -0.4 is 5.32 Å². The molecule has 0 saturated carbocycles. The third kappa shape index (κ3) is 2.87. The molecule has 1 atom stereocenters. The normalized spacial score (nSPS) is 12.1. The first-order valence-corrected chi connectivity index (χ1v) is 6.52. The van der Waals surface area contributed by atoms with Crippen LogP contribution in [0.15, 0.2) is 35.8 Å². The van der Waals surface area contributed by atoms with Crippen LogP contribution in [0.1, 0.15) is 28.2 Å². The van der Waals surface area contributed by atoms with Gasteiger partial charge < -0.3 is 10.4 Å². The van der Waals surface area contributed by atoms with Gasteiger partial charge in [0.2, 0.25) is 0 Å². The molecule has 1 amide bonds. The first kappa shape index (κ1) is 12.6. The van der Waals surface area contributed by atoms with E-state index >= 15 is 0 Å². The molecular formula is C13H14N2O2S. The van der Waals surface area contributed by atoms with E-state index in [1.54, 1.807) is 35.7 Å². The molecular weight excluding hydrogens is 248 g/mol. The molecule has 0 radical (unpaired) electrons. The lowest BCUT2D eigenvalue weighted by Gasteiger charge is -2.10. The molecule has 2 N–H and O–H groups in total. The second kappa shape index (κ2) is 5.64. The average molecular weight is 262 g/mol. The van der Waals surface area contributed by atoms with Gasteiger partial charge in [-0.3, -0.25) is 4.79 Å². The zero-order chi connectivity index (χ0) is 13.0. The molecule has 0 saturated heterocycles. The van der Waals surface area contributed by atoms with Gasteiger partial charge in [0.25, 0.3) is 5.91 Å². The van der Waals surface area contributed by atoms with Gasteiger partial charge in [0.15, 0.2) is 0 Å². The summed E-state index contributed by atoms with van der Waals surface area (Å²) in [5.74, 6) is -0.104. The van der Waals surface area contributed by atoms with E-state index in [-0.39, 0.29) is 17.6 Å². The predicted molar refractivity (Wildman–Crippen MR) is 71.0 cm³/mol. The second-order valence-corrected chi connectivity index (χ2v) is 4.92. The molecule has 0 aliphatic carbocycles. The van der Waals surface area contributed by atoms with Gasteiger partial charge in [-0.1, -0.05) is 19.1 Å². The monoisotopic (exact) mass is 262 g/mol. The Morgan fingerprint density at radius 3 is 2.94 bits per heavy atom. The number of aromatic nitrogens is 1. The minimum Gasteiger partial charge on any atom is -0.507 e. The first-order valence-electron chi connectivity index (χ1n) is 5.64. The molecule has 0 aliphatic rings. The lowest BCUT2D eigenvalue weighted by atomic mass is 10.1. The fraction of sp³-hybridized carbons (Fsp3) is 0.231. The molecule has 1 aromatic carbocycles. The first-order chi connectivity index (χ1) is 8.68. The number of carbonyl (C=O) groups is 1. The molecule has 1 heterocycles. The van der Waals surface area contributed by atoms with Gasteiger partial charge in [0, 0.05) is 24.0 Å². The highest BCUT2D eigenvalue weighted by atomic mass is 32.1. The van der Waals surface area contributed by atoms with Gasteiger partial charge in [0.05, 0.1) is 10.6 Å². The minimum absolute atomic E-state index is 0.00287. The van der Waals surface area contributed by atoms with Gasteiger partial charge in [-0.25, -0.2) is 4.98 Å². The molecule has 2 aromatic rings. The van der Waals surface area contributed by atoms with Gasteiger partial charge in [-0.15, -0.1) is 11.3 Å². The highest BCUT2D eigenvalue weighted by Gasteiger charge is 2.13. The molecule has 2 rings (SSSR count). The summed E-state index contributed by atoms with van der Waals surface area (Å²) in [6.07, 6.45) is 1.75. The van der Waals surface area contributed by atoms with Crippen molar-refractivity contribution in [2.75, 3.05) is 6.54 Å². The van der Waals surface area contributed by atoms with Crippen molar-refractivity contribution >= 4 is 17.2 Å². The van der Waals surface area contributed by atoms with Crippen molar-refractivity contribution in [2.24, 2.45) is 0 Å². The van der Waals surface area contributed by atoms with E-state index in [1.165, 1.54) is 6.07 Å².